The van der Waals surface area contributed by atoms with E-state index in [1.54, 1.807) is 0 Å². The Labute approximate surface area is 134 Å². The number of para-hydroxylation sites is 1. The maximum Gasteiger partial charge on any atom is 0.496 e. The number of benzene rings is 1. The molecule has 0 fully saturated rings. The Balaban J connectivity index is 2.87. The van der Waals surface area contributed by atoms with Gasteiger partial charge in [-0.25, -0.2) is 0 Å². The highest BCUT2D eigenvalue weighted by Gasteiger charge is 2.38. The molecule has 0 radical (unpaired) electrons. The van der Waals surface area contributed by atoms with Crippen molar-refractivity contribution in [2.75, 3.05) is 13.2 Å². The standard InChI is InChI=1S/C16H28N2O3Si/c1-5-12-22(20-7-3,21-8-4)18-17-13-15-11-9-10-14(6-2)16(15)19/h9-11,19H,5-8,12-13H2,1-4H3. The van der Waals surface area contributed by atoms with E-state index >= 15 is 0 Å². The third kappa shape index (κ3) is 5.19. The molecule has 0 saturated heterocycles. The molecule has 0 atom stereocenters. The summed E-state index contributed by atoms with van der Waals surface area (Å²) < 4.78 is 16.1. The predicted octanol–water partition coefficient (Wildman–Crippen LogP) is 4.33. The molecule has 0 aliphatic rings. The molecule has 1 aromatic rings. The fourth-order valence-electron chi connectivity index (χ4n) is 2.34. The van der Waals surface area contributed by atoms with Gasteiger partial charge in [-0.2, -0.15) is 9.89 Å². The van der Waals surface area contributed by atoms with Gasteiger partial charge in [0.1, 0.15) is 5.75 Å². The number of hydrogen-bond acceptors (Lipinski definition) is 5. The zero-order chi connectivity index (χ0) is 16.4. The minimum atomic E-state index is -2.61. The van der Waals surface area contributed by atoms with Crippen molar-refractivity contribution in [3.8, 4) is 5.75 Å². The number of nitrogens with zero attached hydrogens (tertiary/aromatic N) is 2. The van der Waals surface area contributed by atoms with Crippen LogP contribution in [0.25, 0.3) is 0 Å². The number of phenolic OH excluding ortho intramolecular Hbond substituents is 1. The van der Waals surface area contributed by atoms with Crippen LogP contribution in [0.4, 0.5) is 0 Å². The average molecular weight is 324 g/mol. The minimum Gasteiger partial charge on any atom is -0.507 e. The Morgan fingerprint density at radius 1 is 1.05 bits per heavy atom. The Morgan fingerprint density at radius 3 is 2.23 bits per heavy atom. The second-order valence-electron chi connectivity index (χ2n) is 5.01. The van der Waals surface area contributed by atoms with E-state index in [-0.39, 0.29) is 0 Å². The number of aromatic hydroxyl groups is 1. The first-order valence-electron chi connectivity index (χ1n) is 8.08. The summed E-state index contributed by atoms with van der Waals surface area (Å²) in [5.41, 5.74) is 1.72. The van der Waals surface area contributed by atoms with Crippen molar-refractivity contribution in [1.82, 2.24) is 0 Å². The number of rotatable bonds is 10. The molecule has 0 heterocycles. The zero-order valence-electron chi connectivity index (χ0n) is 14.1. The summed E-state index contributed by atoms with van der Waals surface area (Å²) in [7, 11) is -2.61. The summed E-state index contributed by atoms with van der Waals surface area (Å²) in [5.74, 6) is 0.319. The van der Waals surface area contributed by atoms with Crippen LogP contribution >= 0.6 is 0 Å². The molecule has 0 aliphatic carbocycles. The van der Waals surface area contributed by atoms with Crippen molar-refractivity contribution in [3.05, 3.63) is 29.3 Å². The summed E-state index contributed by atoms with van der Waals surface area (Å²) in [5, 5.41) is 14.5. The lowest BCUT2D eigenvalue weighted by atomic mass is 10.1. The second-order valence-corrected chi connectivity index (χ2v) is 7.71. The maximum absolute atomic E-state index is 10.2. The molecule has 22 heavy (non-hydrogen) atoms. The monoisotopic (exact) mass is 324 g/mol. The van der Waals surface area contributed by atoms with Crippen LogP contribution in [0, 0.1) is 0 Å². The largest absolute Gasteiger partial charge is 0.507 e. The van der Waals surface area contributed by atoms with Gasteiger partial charge in [0.05, 0.1) is 6.54 Å². The van der Waals surface area contributed by atoms with Gasteiger partial charge in [-0.1, -0.05) is 38.5 Å². The summed E-state index contributed by atoms with van der Waals surface area (Å²) in [6, 6.07) is 6.52. The molecule has 1 aromatic carbocycles. The van der Waals surface area contributed by atoms with Gasteiger partial charge in [0.25, 0.3) is 0 Å². The molecule has 0 saturated carbocycles. The van der Waals surface area contributed by atoms with Crippen molar-refractivity contribution < 1.29 is 14.0 Å². The first-order valence-corrected chi connectivity index (χ1v) is 10.1. The van der Waals surface area contributed by atoms with Gasteiger partial charge in [-0.15, -0.1) is 0 Å². The average Bonchev–Trinajstić information content (AvgIpc) is 2.50. The van der Waals surface area contributed by atoms with Gasteiger partial charge in [0.2, 0.25) is 0 Å². The molecule has 0 unspecified atom stereocenters. The van der Waals surface area contributed by atoms with Crippen LogP contribution in [0.3, 0.4) is 0 Å². The van der Waals surface area contributed by atoms with Crippen LogP contribution in [0.5, 0.6) is 5.75 Å². The Morgan fingerprint density at radius 2 is 1.68 bits per heavy atom. The van der Waals surface area contributed by atoms with Crippen molar-refractivity contribution in [2.24, 2.45) is 9.89 Å². The highest BCUT2D eigenvalue weighted by molar-refractivity contribution is 6.65. The van der Waals surface area contributed by atoms with E-state index in [4.69, 9.17) is 8.85 Å². The second kappa shape index (κ2) is 9.71. The molecular formula is C16H28N2O3Si. The van der Waals surface area contributed by atoms with E-state index in [2.05, 4.69) is 16.8 Å². The van der Waals surface area contributed by atoms with E-state index < -0.39 is 8.72 Å². The van der Waals surface area contributed by atoms with Crippen molar-refractivity contribution in [1.29, 1.82) is 0 Å². The molecule has 0 amide bonds. The topological polar surface area (TPSA) is 63.4 Å². The fourth-order valence-corrected chi connectivity index (χ4v) is 4.75. The molecule has 1 N–H and O–H groups in total. The van der Waals surface area contributed by atoms with Crippen LogP contribution in [-0.2, 0) is 21.8 Å². The van der Waals surface area contributed by atoms with E-state index in [1.807, 2.05) is 39.0 Å². The number of aryl methyl sites for hydroxylation is 1. The Bertz CT molecular complexity index is 463. The number of phenols is 1. The lowest BCUT2D eigenvalue weighted by molar-refractivity contribution is 0.181. The van der Waals surface area contributed by atoms with Gasteiger partial charge in [-0.05, 0) is 25.8 Å². The fraction of sp³-hybridized carbons (Fsp3) is 0.625. The SMILES string of the molecule is CCC[Si](N=NCc1cccc(CC)c1O)(OCC)OCC. The summed E-state index contributed by atoms with van der Waals surface area (Å²) in [6.45, 7) is 9.49. The van der Waals surface area contributed by atoms with Crippen LogP contribution in [-0.4, -0.2) is 27.0 Å². The highest BCUT2D eigenvalue weighted by Crippen LogP contribution is 2.24. The zero-order valence-corrected chi connectivity index (χ0v) is 15.1. The van der Waals surface area contributed by atoms with Crippen LogP contribution in [0.2, 0.25) is 6.04 Å². The van der Waals surface area contributed by atoms with Crippen molar-refractivity contribution in [3.63, 3.8) is 0 Å². The molecule has 6 heteroatoms. The molecule has 0 aromatic heterocycles. The predicted molar refractivity (Wildman–Crippen MR) is 90.1 cm³/mol. The molecule has 0 bridgehead atoms. The first-order chi connectivity index (χ1) is 10.6. The molecular weight excluding hydrogens is 296 g/mol. The van der Waals surface area contributed by atoms with Gasteiger partial charge in [0.15, 0.2) is 0 Å². The van der Waals surface area contributed by atoms with E-state index in [1.165, 1.54) is 0 Å². The summed E-state index contributed by atoms with van der Waals surface area (Å²) in [4.78, 5) is 0. The first kappa shape index (κ1) is 18.8. The lowest BCUT2D eigenvalue weighted by Gasteiger charge is -2.23. The van der Waals surface area contributed by atoms with Crippen LogP contribution < -0.4 is 0 Å². The lowest BCUT2D eigenvalue weighted by Crippen LogP contribution is -2.40. The molecule has 0 spiro atoms. The Kier molecular flexibility index (Phi) is 8.30. The van der Waals surface area contributed by atoms with Crippen molar-refractivity contribution in [2.45, 2.75) is 53.1 Å². The third-order valence-corrected chi connectivity index (χ3v) is 6.41. The van der Waals surface area contributed by atoms with E-state index in [9.17, 15) is 5.11 Å². The molecule has 5 nitrogen and oxygen atoms in total. The van der Waals surface area contributed by atoms with E-state index in [0.717, 1.165) is 30.0 Å². The van der Waals surface area contributed by atoms with Gasteiger partial charge < -0.3 is 14.0 Å². The van der Waals surface area contributed by atoms with Crippen LogP contribution in [0.15, 0.2) is 28.1 Å². The van der Waals surface area contributed by atoms with E-state index in [0.29, 0.717) is 25.5 Å². The van der Waals surface area contributed by atoms with Crippen LogP contribution in [0.1, 0.15) is 45.2 Å². The van der Waals surface area contributed by atoms with Gasteiger partial charge >= 0.3 is 8.72 Å². The molecule has 1 rings (SSSR count). The minimum absolute atomic E-state index is 0.319. The quantitative estimate of drug-likeness (QED) is 0.514. The van der Waals surface area contributed by atoms with Gasteiger partial charge in [0, 0.05) is 24.8 Å². The molecule has 0 aliphatic heterocycles. The summed E-state index contributed by atoms with van der Waals surface area (Å²) in [6.07, 6.45) is 1.74. The number of hydrogen-bond donors (Lipinski definition) is 1. The van der Waals surface area contributed by atoms with Gasteiger partial charge in [-0.3, -0.25) is 0 Å². The third-order valence-electron chi connectivity index (χ3n) is 3.35. The maximum atomic E-state index is 10.2. The molecule has 124 valence electrons. The smallest absolute Gasteiger partial charge is 0.496 e. The Hall–Kier alpha value is -1.24. The highest BCUT2D eigenvalue weighted by atomic mass is 28.4. The normalized spacial score (nSPS) is 12.2. The van der Waals surface area contributed by atoms with Crippen molar-refractivity contribution >= 4 is 8.72 Å². The summed E-state index contributed by atoms with van der Waals surface area (Å²) >= 11 is 0.